The number of halogens is 1. The van der Waals surface area contributed by atoms with Gasteiger partial charge in [-0.1, -0.05) is 13.0 Å². The van der Waals surface area contributed by atoms with E-state index in [4.69, 9.17) is 5.73 Å². The van der Waals surface area contributed by atoms with Gasteiger partial charge in [-0.2, -0.15) is 4.98 Å². The van der Waals surface area contributed by atoms with Gasteiger partial charge in [0.1, 0.15) is 5.52 Å². The number of nitrogens with two attached hydrogens (primary N) is 1. The maximum Gasteiger partial charge on any atom is 0.239 e. The van der Waals surface area contributed by atoms with Gasteiger partial charge in [0.2, 0.25) is 5.95 Å². The van der Waals surface area contributed by atoms with E-state index in [1.165, 1.54) is 6.07 Å². The smallest absolute Gasteiger partial charge is 0.239 e. The van der Waals surface area contributed by atoms with Crippen molar-refractivity contribution in [1.82, 2.24) is 24.7 Å². The Labute approximate surface area is 108 Å². The Balaban J connectivity index is 2.28. The molecule has 6 nitrogen and oxygen atoms in total. The average molecular weight is 260 g/mol. The molecule has 0 aliphatic heterocycles. The zero-order chi connectivity index (χ0) is 13.4. The maximum atomic E-state index is 13.8. The highest BCUT2D eigenvalue weighted by atomic mass is 19.1. The lowest BCUT2D eigenvalue weighted by molar-refractivity contribution is 0.637. The van der Waals surface area contributed by atoms with Gasteiger partial charge in [0.15, 0.2) is 17.5 Å². The monoisotopic (exact) mass is 260 g/mol. The minimum absolute atomic E-state index is 0.144. The van der Waals surface area contributed by atoms with E-state index >= 15 is 0 Å². The fourth-order valence-electron chi connectivity index (χ4n) is 2.12. The first-order valence-electron chi connectivity index (χ1n) is 6.03. The standard InChI is InChI=1S/C12H13FN6/c1-2-6-19-8-5-3-4-7(13)9(8)15-11(19)10-16-12(14)18-17-10/h3-5H,2,6H2,1H3,(H3,14,16,17,18). The minimum Gasteiger partial charge on any atom is -0.366 e. The quantitative estimate of drug-likeness (QED) is 0.753. The van der Waals surface area contributed by atoms with Crippen molar-refractivity contribution in [3.8, 4) is 11.6 Å². The van der Waals surface area contributed by atoms with Crippen LogP contribution in [0.2, 0.25) is 0 Å². The average Bonchev–Trinajstić information content (AvgIpc) is 2.96. The molecule has 98 valence electrons. The van der Waals surface area contributed by atoms with E-state index in [9.17, 15) is 4.39 Å². The van der Waals surface area contributed by atoms with Gasteiger partial charge in [0.05, 0.1) is 5.52 Å². The number of aromatic amines is 1. The molecule has 0 bridgehead atoms. The van der Waals surface area contributed by atoms with Crippen LogP contribution >= 0.6 is 0 Å². The lowest BCUT2D eigenvalue weighted by atomic mass is 10.3. The fourth-order valence-corrected chi connectivity index (χ4v) is 2.12. The van der Waals surface area contributed by atoms with Crippen LogP contribution in [0.5, 0.6) is 0 Å². The Kier molecular flexibility index (Phi) is 2.66. The van der Waals surface area contributed by atoms with Crippen molar-refractivity contribution in [3.05, 3.63) is 24.0 Å². The highest BCUT2D eigenvalue weighted by molar-refractivity contribution is 5.80. The number of nitrogens with one attached hydrogen (secondary N) is 1. The summed E-state index contributed by atoms with van der Waals surface area (Å²) in [5, 5.41) is 6.49. The Morgan fingerprint density at radius 3 is 2.89 bits per heavy atom. The molecule has 3 aromatic rings. The van der Waals surface area contributed by atoms with Crippen molar-refractivity contribution >= 4 is 17.0 Å². The number of para-hydroxylation sites is 1. The summed E-state index contributed by atoms with van der Waals surface area (Å²) in [6.07, 6.45) is 0.901. The molecular weight excluding hydrogens is 247 g/mol. The van der Waals surface area contributed by atoms with E-state index < -0.39 is 0 Å². The SMILES string of the molecule is CCCn1c(-c2nc(N)n[nH]2)nc2c(F)cccc21. The fraction of sp³-hybridized carbons (Fsp3) is 0.250. The number of nitrogens with zero attached hydrogens (tertiary/aromatic N) is 4. The summed E-state index contributed by atoms with van der Waals surface area (Å²) in [5.74, 6) is 0.791. The van der Waals surface area contributed by atoms with E-state index in [0.717, 1.165) is 18.5 Å². The first-order chi connectivity index (χ1) is 9.20. The number of anilines is 1. The summed E-state index contributed by atoms with van der Waals surface area (Å²) in [6, 6.07) is 4.90. The molecule has 0 fully saturated rings. The minimum atomic E-state index is -0.346. The Morgan fingerprint density at radius 1 is 1.37 bits per heavy atom. The van der Waals surface area contributed by atoms with Crippen molar-refractivity contribution in [2.45, 2.75) is 19.9 Å². The van der Waals surface area contributed by atoms with Gasteiger partial charge in [0, 0.05) is 6.54 Å². The first-order valence-corrected chi connectivity index (χ1v) is 6.03. The highest BCUT2D eigenvalue weighted by Gasteiger charge is 2.17. The molecule has 2 aromatic heterocycles. The van der Waals surface area contributed by atoms with Crippen LogP contribution in [-0.2, 0) is 6.54 Å². The van der Waals surface area contributed by atoms with Crippen LogP contribution in [0.15, 0.2) is 18.2 Å². The van der Waals surface area contributed by atoms with Crippen LogP contribution in [0.3, 0.4) is 0 Å². The number of H-pyrrole nitrogens is 1. The van der Waals surface area contributed by atoms with Crippen molar-refractivity contribution in [3.63, 3.8) is 0 Å². The van der Waals surface area contributed by atoms with Crippen LogP contribution in [0.1, 0.15) is 13.3 Å². The van der Waals surface area contributed by atoms with Crippen molar-refractivity contribution in [2.75, 3.05) is 5.73 Å². The van der Waals surface area contributed by atoms with Crippen LogP contribution in [-0.4, -0.2) is 24.7 Å². The third-order valence-corrected chi connectivity index (χ3v) is 2.89. The van der Waals surface area contributed by atoms with Gasteiger partial charge >= 0.3 is 0 Å². The topological polar surface area (TPSA) is 85.4 Å². The third kappa shape index (κ3) is 1.83. The first kappa shape index (κ1) is 11.6. The van der Waals surface area contributed by atoms with Gasteiger partial charge < -0.3 is 10.3 Å². The summed E-state index contributed by atoms with van der Waals surface area (Å²) in [6.45, 7) is 2.76. The summed E-state index contributed by atoms with van der Waals surface area (Å²) in [7, 11) is 0. The number of aryl methyl sites for hydroxylation is 1. The number of benzene rings is 1. The van der Waals surface area contributed by atoms with Gasteiger partial charge in [-0.15, -0.1) is 5.10 Å². The van der Waals surface area contributed by atoms with Crippen LogP contribution < -0.4 is 5.73 Å². The number of hydrogen-bond acceptors (Lipinski definition) is 4. The zero-order valence-corrected chi connectivity index (χ0v) is 10.4. The molecule has 19 heavy (non-hydrogen) atoms. The predicted molar refractivity (Wildman–Crippen MR) is 69.8 cm³/mol. The largest absolute Gasteiger partial charge is 0.366 e. The van der Waals surface area contributed by atoms with Crippen LogP contribution in [0.4, 0.5) is 10.3 Å². The Hall–Kier alpha value is -2.44. The molecular formula is C12H13FN6. The molecule has 0 spiro atoms. The lowest BCUT2D eigenvalue weighted by Crippen LogP contribution is -2.00. The summed E-state index contributed by atoms with van der Waals surface area (Å²) in [4.78, 5) is 8.37. The van der Waals surface area contributed by atoms with Gasteiger partial charge in [0.25, 0.3) is 0 Å². The number of imidazole rings is 1. The number of rotatable bonds is 3. The molecule has 0 saturated heterocycles. The molecule has 0 unspecified atom stereocenters. The Morgan fingerprint density at radius 2 is 2.21 bits per heavy atom. The summed E-state index contributed by atoms with van der Waals surface area (Å²) in [5.41, 5.74) is 6.58. The van der Waals surface area contributed by atoms with E-state index in [1.807, 2.05) is 17.6 Å². The zero-order valence-electron chi connectivity index (χ0n) is 10.4. The third-order valence-electron chi connectivity index (χ3n) is 2.89. The maximum absolute atomic E-state index is 13.8. The molecule has 2 heterocycles. The second-order valence-electron chi connectivity index (χ2n) is 4.24. The van der Waals surface area contributed by atoms with E-state index in [-0.39, 0.29) is 11.8 Å². The Bertz CT molecular complexity index is 729. The van der Waals surface area contributed by atoms with Crippen molar-refractivity contribution in [2.24, 2.45) is 0 Å². The number of aromatic nitrogens is 5. The van der Waals surface area contributed by atoms with E-state index in [2.05, 4.69) is 20.2 Å². The molecule has 0 aliphatic carbocycles. The molecule has 0 aliphatic rings. The second-order valence-corrected chi connectivity index (χ2v) is 4.24. The van der Waals surface area contributed by atoms with E-state index in [1.54, 1.807) is 6.07 Å². The second kappa shape index (κ2) is 4.34. The molecule has 7 heteroatoms. The number of nitrogen functional groups attached to an aromatic ring is 1. The predicted octanol–water partition coefficient (Wildman–Crippen LogP) is 1.95. The number of hydrogen-bond donors (Lipinski definition) is 2. The van der Waals surface area contributed by atoms with Gasteiger partial charge in [-0.05, 0) is 18.6 Å². The molecule has 3 rings (SSSR count). The van der Waals surface area contributed by atoms with E-state index in [0.29, 0.717) is 17.2 Å². The van der Waals surface area contributed by atoms with Crippen LogP contribution in [0.25, 0.3) is 22.7 Å². The number of fused-ring (bicyclic) bond motifs is 1. The molecule has 3 N–H and O–H groups in total. The lowest BCUT2D eigenvalue weighted by Gasteiger charge is -2.04. The summed E-state index contributed by atoms with van der Waals surface area (Å²) >= 11 is 0. The van der Waals surface area contributed by atoms with Crippen molar-refractivity contribution in [1.29, 1.82) is 0 Å². The molecule has 1 aromatic carbocycles. The molecule has 0 radical (unpaired) electrons. The van der Waals surface area contributed by atoms with Gasteiger partial charge in [-0.3, -0.25) is 5.10 Å². The van der Waals surface area contributed by atoms with Crippen LogP contribution in [0, 0.1) is 5.82 Å². The highest BCUT2D eigenvalue weighted by Crippen LogP contribution is 2.24. The van der Waals surface area contributed by atoms with Gasteiger partial charge in [-0.25, -0.2) is 9.37 Å². The molecule has 0 atom stereocenters. The molecule has 0 amide bonds. The normalized spacial score (nSPS) is 11.3. The molecule has 0 saturated carbocycles. The van der Waals surface area contributed by atoms with Crippen molar-refractivity contribution < 1.29 is 4.39 Å². The summed E-state index contributed by atoms with van der Waals surface area (Å²) < 4.78 is 15.7.